The molecule has 0 radical (unpaired) electrons. The predicted molar refractivity (Wildman–Crippen MR) is 80.8 cm³/mol. The molecule has 7 heteroatoms. The standard InChI is InChI=1S/C12H11NO3S3/c1-2-16-10(14)7-13-11(15)9(19-12(13)17)6-8-4-3-5-18-8/h3-6H,2,7H2,1H3. The number of thiophene rings is 1. The van der Waals surface area contributed by atoms with Crippen LogP contribution in [0.5, 0.6) is 0 Å². The zero-order chi connectivity index (χ0) is 13.8. The van der Waals surface area contributed by atoms with Gasteiger partial charge < -0.3 is 4.74 Å². The highest BCUT2D eigenvalue weighted by Crippen LogP contribution is 2.33. The lowest BCUT2D eigenvalue weighted by Crippen LogP contribution is -2.34. The summed E-state index contributed by atoms with van der Waals surface area (Å²) in [7, 11) is 0. The van der Waals surface area contributed by atoms with E-state index in [0.717, 1.165) is 4.88 Å². The third-order valence-electron chi connectivity index (χ3n) is 2.28. The Bertz CT molecular complexity index is 536. The molecule has 0 spiro atoms. The van der Waals surface area contributed by atoms with Gasteiger partial charge in [0.15, 0.2) is 0 Å². The smallest absolute Gasteiger partial charge is 0.326 e. The monoisotopic (exact) mass is 313 g/mol. The van der Waals surface area contributed by atoms with E-state index in [1.165, 1.54) is 16.7 Å². The van der Waals surface area contributed by atoms with E-state index in [2.05, 4.69) is 0 Å². The quantitative estimate of drug-likeness (QED) is 0.485. The number of thiocarbonyl (C=S) groups is 1. The first kappa shape index (κ1) is 14.2. The maximum Gasteiger partial charge on any atom is 0.326 e. The maximum absolute atomic E-state index is 12.1. The lowest BCUT2D eigenvalue weighted by molar-refractivity contribution is -0.145. The number of thioether (sulfide) groups is 1. The number of hydrogen-bond acceptors (Lipinski definition) is 6. The van der Waals surface area contributed by atoms with Crippen molar-refractivity contribution in [2.75, 3.05) is 13.2 Å². The Hall–Kier alpha value is -1.18. The van der Waals surface area contributed by atoms with Crippen LogP contribution in [0, 0.1) is 0 Å². The van der Waals surface area contributed by atoms with E-state index in [0.29, 0.717) is 15.8 Å². The van der Waals surface area contributed by atoms with Crippen LogP contribution in [0.3, 0.4) is 0 Å². The highest BCUT2D eigenvalue weighted by atomic mass is 32.2. The van der Waals surface area contributed by atoms with Crippen LogP contribution in [0.4, 0.5) is 0 Å². The molecule has 1 aliphatic heterocycles. The fraction of sp³-hybridized carbons (Fsp3) is 0.250. The Kier molecular flexibility index (Phi) is 4.73. The molecule has 2 heterocycles. The highest BCUT2D eigenvalue weighted by molar-refractivity contribution is 8.26. The summed E-state index contributed by atoms with van der Waals surface area (Å²) in [6.45, 7) is 1.89. The lowest BCUT2D eigenvalue weighted by atomic mass is 10.3. The first-order chi connectivity index (χ1) is 9.11. The number of carbonyl (C=O) groups is 2. The number of hydrogen-bond donors (Lipinski definition) is 0. The first-order valence-corrected chi connectivity index (χ1v) is 7.66. The minimum Gasteiger partial charge on any atom is -0.465 e. The van der Waals surface area contributed by atoms with Crippen LogP contribution in [-0.2, 0) is 14.3 Å². The molecule has 1 aromatic rings. The van der Waals surface area contributed by atoms with Gasteiger partial charge in [-0.15, -0.1) is 11.3 Å². The largest absolute Gasteiger partial charge is 0.465 e. The Labute approximate surface area is 124 Å². The molecule has 1 aromatic heterocycles. The van der Waals surface area contributed by atoms with Gasteiger partial charge in [0.25, 0.3) is 5.91 Å². The molecule has 2 rings (SSSR count). The van der Waals surface area contributed by atoms with Crippen LogP contribution >= 0.6 is 35.3 Å². The minimum absolute atomic E-state index is 0.125. The van der Waals surface area contributed by atoms with Crippen LogP contribution in [0.2, 0.25) is 0 Å². The van der Waals surface area contributed by atoms with Crippen molar-refractivity contribution in [2.45, 2.75) is 6.92 Å². The Morgan fingerprint density at radius 3 is 3.00 bits per heavy atom. The van der Waals surface area contributed by atoms with Gasteiger partial charge in [0.2, 0.25) is 0 Å². The van der Waals surface area contributed by atoms with Crippen LogP contribution < -0.4 is 0 Å². The molecular weight excluding hydrogens is 302 g/mol. The van der Waals surface area contributed by atoms with Crippen molar-refractivity contribution >= 4 is 57.6 Å². The van der Waals surface area contributed by atoms with Crippen molar-refractivity contribution in [3.8, 4) is 0 Å². The normalized spacial score (nSPS) is 17.3. The lowest BCUT2D eigenvalue weighted by Gasteiger charge is -2.12. The molecule has 4 nitrogen and oxygen atoms in total. The molecular formula is C12H11NO3S3. The third-order valence-corrected chi connectivity index (χ3v) is 4.48. The third kappa shape index (κ3) is 3.43. The SMILES string of the molecule is CCOC(=O)CN1C(=O)C(=Cc2cccs2)SC1=S. The molecule has 19 heavy (non-hydrogen) atoms. The van der Waals surface area contributed by atoms with Crippen molar-refractivity contribution in [1.29, 1.82) is 0 Å². The average Bonchev–Trinajstić information content (AvgIpc) is 2.95. The summed E-state index contributed by atoms with van der Waals surface area (Å²) in [5, 5.41) is 1.94. The van der Waals surface area contributed by atoms with Crippen molar-refractivity contribution < 1.29 is 14.3 Å². The molecule has 0 N–H and O–H groups in total. The van der Waals surface area contributed by atoms with Gasteiger partial charge >= 0.3 is 5.97 Å². The zero-order valence-electron chi connectivity index (χ0n) is 10.1. The van der Waals surface area contributed by atoms with Crippen molar-refractivity contribution in [3.63, 3.8) is 0 Å². The van der Waals surface area contributed by atoms with Crippen LogP contribution in [-0.4, -0.2) is 34.2 Å². The number of amides is 1. The van der Waals surface area contributed by atoms with Gasteiger partial charge in [-0.2, -0.15) is 0 Å². The molecule has 0 unspecified atom stereocenters. The number of nitrogens with zero attached hydrogens (tertiary/aromatic N) is 1. The molecule has 1 fully saturated rings. The summed E-state index contributed by atoms with van der Waals surface area (Å²) in [6.07, 6.45) is 1.79. The fourth-order valence-corrected chi connectivity index (χ4v) is 3.45. The molecule has 1 saturated heterocycles. The van der Waals surface area contributed by atoms with Crippen molar-refractivity contribution in [2.24, 2.45) is 0 Å². The second kappa shape index (κ2) is 6.31. The van der Waals surface area contributed by atoms with Gasteiger partial charge in [0, 0.05) is 4.88 Å². The Balaban J connectivity index is 2.10. The topological polar surface area (TPSA) is 46.6 Å². The van der Waals surface area contributed by atoms with E-state index in [1.54, 1.807) is 24.3 Å². The summed E-state index contributed by atoms with van der Waals surface area (Å²) in [5.41, 5.74) is 0. The summed E-state index contributed by atoms with van der Waals surface area (Å²) >= 11 is 7.86. The highest BCUT2D eigenvalue weighted by Gasteiger charge is 2.33. The van der Waals surface area contributed by atoms with E-state index < -0.39 is 5.97 Å². The Morgan fingerprint density at radius 2 is 2.37 bits per heavy atom. The van der Waals surface area contributed by atoms with E-state index in [1.807, 2.05) is 17.5 Å². The number of carbonyl (C=O) groups excluding carboxylic acids is 2. The predicted octanol–water partition coefficient (Wildman–Crippen LogP) is 2.51. The maximum atomic E-state index is 12.1. The van der Waals surface area contributed by atoms with Crippen LogP contribution in [0.25, 0.3) is 6.08 Å². The second-order valence-corrected chi connectivity index (χ2v) is 6.24. The molecule has 0 saturated carbocycles. The number of ether oxygens (including phenoxy) is 1. The molecule has 1 aliphatic rings. The van der Waals surface area contributed by atoms with Gasteiger partial charge in [-0.25, -0.2) is 0 Å². The fourth-order valence-electron chi connectivity index (χ4n) is 1.47. The van der Waals surface area contributed by atoms with E-state index in [-0.39, 0.29) is 12.5 Å². The summed E-state index contributed by atoms with van der Waals surface area (Å²) in [5.74, 6) is -0.687. The van der Waals surface area contributed by atoms with Gasteiger partial charge in [-0.05, 0) is 24.4 Å². The Morgan fingerprint density at radius 1 is 1.58 bits per heavy atom. The van der Waals surface area contributed by atoms with Crippen LogP contribution in [0.15, 0.2) is 22.4 Å². The zero-order valence-corrected chi connectivity index (χ0v) is 12.6. The molecule has 0 aliphatic carbocycles. The second-order valence-electron chi connectivity index (χ2n) is 3.59. The number of esters is 1. The summed E-state index contributed by atoms with van der Waals surface area (Å²) < 4.78 is 5.21. The molecule has 100 valence electrons. The van der Waals surface area contributed by atoms with Crippen molar-refractivity contribution in [3.05, 3.63) is 27.3 Å². The van der Waals surface area contributed by atoms with Crippen molar-refractivity contribution in [1.82, 2.24) is 4.90 Å². The van der Waals surface area contributed by atoms with Gasteiger partial charge in [0.05, 0.1) is 11.5 Å². The molecule has 0 atom stereocenters. The molecule has 0 aromatic carbocycles. The first-order valence-electron chi connectivity index (χ1n) is 5.56. The van der Waals surface area contributed by atoms with Crippen LogP contribution in [0.1, 0.15) is 11.8 Å². The van der Waals surface area contributed by atoms with Gasteiger partial charge in [0.1, 0.15) is 10.9 Å². The summed E-state index contributed by atoms with van der Waals surface area (Å²) in [6, 6.07) is 3.83. The van der Waals surface area contributed by atoms with E-state index >= 15 is 0 Å². The van der Waals surface area contributed by atoms with Gasteiger partial charge in [-0.1, -0.05) is 30.0 Å². The minimum atomic E-state index is -0.448. The molecule has 1 amide bonds. The number of rotatable bonds is 4. The van der Waals surface area contributed by atoms with Gasteiger partial charge in [-0.3, -0.25) is 14.5 Å². The van der Waals surface area contributed by atoms with E-state index in [9.17, 15) is 9.59 Å². The molecule has 0 bridgehead atoms. The average molecular weight is 313 g/mol. The van der Waals surface area contributed by atoms with E-state index in [4.69, 9.17) is 17.0 Å². The summed E-state index contributed by atoms with van der Waals surface area (Å²) in [4.78, 5) is 26.3.